The van der Waals surface area contributed by atoms with E-state index in [1.165, 1.54) is 13.8 Å². The number of thioether (sulfide) groups is 1. The van der Waals surface area contributed by atoms with Crippen LogP contribution in [0.2, 0.25) is 0 Å². The lowest BCUT2D eigenvalue weighted by Gasteiger charge is -2.43. The standard InChI is InChI=1S/C16H22O10S/c1-7(17)22-6-12-13(23-8(2)18)14(24-9(3)19)15(27-11(5)21)16(26-12)25-10(4)20/h12-16H,6H2,1-5H3/t12-,13-,14+,15-,16-/m1/s1. The Kier molecular flexibility index (Phi) is 8.70. The van der Waals surface area contributed by atoms with Crippen molar-refractivity contribution >= 4 is 40.8 Å². The second-order valence-corrected chi connectivity index (χ2v) is 7.03. The van der Waals surface area contributed by atoms with E-state index in [0.29, 0.717) is 11.8 Å². The molecule has 0 radical (unpaired) electrons. The Morgan fingerprint density at radius 3 is 1.74 bits per heavy atom. The van der Waals surface area contributed by atoms with Crippen LogP contribution in [0.1, 0.15) is 34.6 Å². The first-order chi connectivity index (χ1) is 12.5. The highest BCUT2D eigenvalue weighted by atomic mass is 32.2. The Morgan fingerprint density at radius 2 is 1.30 bits per heavy atom. The highest BCUT2D eigenvalue weighted by Crippen LogP contribution is 2.35. The molecule has 1 fully saturated rings. The van der Waals surface area contributed by atoms with Gasteiger partial charge in [0.15, 0.2) is 17.3 Å². The molecule has 0 aliphatic carbocycles. The summed E-state index contributed by atoms with van der Waals surface area (Å²) in [6, 6.07) is 0. The molecule has 0 aromatic heterocycles. The van der Waals surface area contributed by atoms with Gasteiger partial charge < -0.3 is 23.7 Å². The summed E-state index contributed by atoms with van der Waals surface area (Å²) >= 11 is 0.715. The van der Waals surface area contributed by atoms with Gasteiger partial charge in [0, 0.05) is 34.6 Å². The van der Waals surface area contributed by atoms with Crippen LogP contribution in [0.4, 0.5) is 0 Å². The molecule has 0 aromatic rings. The third-order valence-corrected chi connectivity index (χ3v) is 4.32. The molecule has 0 unspecified atom stereocenters. The van der Waals surface area contributed by atoms with E-state index in [2.05, 4.69) is 0 Å². The smallest absolute Gasteiger partial charge is 0.304 e. The number of esters is 4. The van der Waals surface area contributed by atoms with Crippen molar-refractivity contribution in [2.45, 2.75) is 64.5 Å². The van der Waals surface area contributed by atoms with Crippen LogP contribution in [0, 0.1) is 0 Å². The highest BCUT2D eigenvalue weighted by molar-refractivity contribution is 8.14. The molecular weight excluding hydrogens is 384 g/mol. The van der Waals surface area contributed by atoms with Gasteiger partial charge in [-0.15, -0.1) is 0 Å². The first-order valence-electron chi connectivity index (χ1n) is 7.99. The average molecular weight is 406 g/mol. The van der Waals surface area contributed by atoms with Crippen molar-refractivity contribution in [1.29, 1.82) is 0 Å². The molecule has 152 valence electrons. The third kappa shape index (κ3) is 7.55. The van der Waals surface area contributed by atoms with Gasteiger partial charge in [0.05, 0.1) is 0 Å². The molecule has 10 nitrogen and oxygen atoms in total. The quantitative estimate of drug-likeness (QED) is 0.447. The van der Waals surface area contributed by atoms with Gasteiger partial charge in [-0.05, 0) is 0 Å². The fourth-order valence-corrected chi connectivity index (χ4v) is 3.41. The van der Waals surface area contributed by atoms with Crippen LogP contribution in [0.15, 0.2) is 0 Å². The summed E-state index contributed by atoms with van der Waals surface area (Å²) in [7, 11) is 0. The highest BCUT2D eigenvalue weighted by Gasteiger charge is 2.52. The van der Waals surface area contributed by atoms with Gasteiger partial charge in [-0.25, -0.2) is 0 Å². The van der Waals surface area contributed by atoms with E-state index in [0.717, 1.165) is 20.8 Å². The molecule has 5 atom stereocenters. The molecule has 0 saturated carbocycles. The molecule has 1 saturated heterocycles. The zero-order chi connectivity index (χ0) is 20.7. The number of hydrogen-bond acceptors (Lipinski definition) is 11. The van der Waals surface area contributed by atoms with E-state index in [1.807, 2.05) is 0 Å². The monoisotopic (exact) mass is 406 g/mol. The molecule has 0 amide bonds. The van der Waals surface area contributed by atoms with E-state index in [9.17, 15) is 24.0 Å². The SMILES string of the molecule is CC(=O)OC[C@H]1O[C@@H](OC(C)=O)[C@H](SC(C)=O)[C@@H](OC(C)=O)[C@@H]1OC(C)=O. The van der Waals surface area contributed by atoms with Crippen molar-refractivity contribution in [2.75, 3.05) is 6.61 Å². The Hall–Kier alpha value is -2.14. The molecular formula is C16H22O10S. The minimum Gasteiger partial charge on any atom is -0.463 e. The molecule has 1 aliphatic rings. The maximum absolute atomic E-state index is 11.6. The minimum absolute atomic E-state index is 0.347. The Labute approximate surface area is 160 Å². The van der Waals surface area contributed by atoms with Crippen molar-refractivity contribution in [3.05, 3.63) is 0 Å². The fraction of sp³-hybridized carbons (Fsp3) is 0.688. The van der Waals surface area contributed by atoms with Crippen LogP contribution in [0.5, 0.6) is 0 Å². The lowest BCUT2D eigenvalue weighted by Crippen LogP contribution is -2.61. The van der Waals surface area contributed by atoms with Gasteiger partial charge in [-0.1, -0.05) is 11.8 Å². The largest absolute Gasteiger partial charge is 0.463 e. The predicted molar refractivity (Wildman–Crippen MR) is 90.2 cm³/mol. The molecule has 0 spiro atoms. The Balaban J connectivity index is 3.29. The molecule has 27 heavy (non-hydrogen) atoms. The van der Waals surface area contributed by atoms with Gasteiger partial charge in [0.1, 0.15) is 18.0 Å². The van der Waals surface area contributed by atoms with Gasteiger partial charge in [0.2, 0.25) is 6.29 Å². The van der Waals surface area contributed by atoms with Crippen LogP contribution in [0.3, 0.4) is 0 Å². The van der Waals surface area contributed by atoms with Crippen molar-refractivity contribution in [3.63, 3.8) is 0 Å². The van der Waals surface area contributed by atoms with Crippen molar-refractivity contribution in [2.24, 2.45) is 0 Å². The molecule has 0 bridgehead atoms. The molecule has 1 aliphatic heterocycles. The van der Waals surface area contributed by atoms with Crippen LogP contribution < -0.4 is 0 Å². The number of ether oxygens (including phenoxy) is 5. The Morgan fingerprint density at radius 1 is 0.778 bits per heavy atom. The molecule has 1 heterocycles. The summed E-state index contributed by atoms with van der Waals surface area (Å²) < 4.78 is 26.1. The lowest BCUT2D eigenvalue weighted by atomic mass is 10.0. The number of carbonyl (C=O) groups excluding carboxylic acids is 5. The van der Waals surface area contributed by atoms with Crippen molar-refractivity contribution in [1.82, 2.24) is 0 Å². The molecule has 1 rings (SSSR count). The van der Waals surface area contributed by atoms with E-state index in [-0.39, 0.29) is 11.7 Å². The number of carbonyl (C=O) groups is 5. The summed E-state index contributed by atoms with van der Waals surface area (Å²) in [5.74, 6) is -2.73. The average Bonchev–Trinajstić information content (AvgIpc) is 2.49. The zero-order valence-corrected chi connectivity index (χ0v) is 16.4. The van der Waals surface area contributed by atoms with Crippen LogP contribution >= 0.6 is 11.8 Å². The number of rotatable bonds is 6. The van der Waals surface area contributed by atoms with Crippen LogP contribution in [-0.2, 0) is 47.7 Å². The predicted octanol–water partition coefficient (Wildman–Crippen LogP) is 0.349. The maximum atomic E-state index is 11.6. The Bertz CT molecular complexity index is 604. The number of hydrogen-bond donors (Lipinski definition) is 0. The maximum Gasteiger partial charge on any atom is 0.304 e. The van der Waals surface area contributed by atoms with E-state index < -0.39 is 53.7 Å². The summed E-state index contributed by atoms with van der Waals surface area (Å²) in [4.78, 5) is 57.3. The zero-order valence-electron chi connectivity index (χ0n) is 15.6. The summed E-state index contributed by atoms with van der Waals surface area (Å²) in [5, 5.41) is -1.36. The molecule has 11 heteroatoms. The molecule has 0 N–H and O–H groups in total. The minimum atomic E-state index is -1.30. The first kappa shape index (κ1) is 22.9. The van der Waals surface area contributed by atoms with E-state index >= 15 is 0 Å². The normalized spacial score (nSPS) is 27.2. The second-order valence-electron chi connectivity index (χ2n) is 5.68. The van der Waals surface area contributed by atoms with Gasteiger partial charge in [0.25, 0.3) is 0 Å². The van der Waals surface area contributed by atoms with Gasteiger partial charge >= 0.3 is 23.9 Å². The van der Waals surface area contributed by atoms with Crippen molar-refractivity contribution in [3.8, 4) is 0 Å². The summed E-state index contributed by atoms with van der Waals surface area (Å²) in [5.41, 5.74) is 0. The van der Waals surface area contributed by atoms with Gasteiger partial charge in [-0.3, -0.25) is 24.0 Å². The topological polar surface area (TPSA) is 132 Å². The lowest BCUT2D eigenvalue weighted by molar-refractivity contribution is -0.256. The molecule has 0 aromatic carbocycles. The van der Waals surface area contributed by atoms with E-state index in [1.54, 1.807) is 0 Å². The van der Waals surface area contributed by atoms with Crippen molar-refractivity contribution < 1.29 is 47.7 Å². The van der Waals surface area contributed by atoms with Crippen LogP contribution in [0.25, 0.3) is 0 Å². The first-order valence-corrected chi connectivity index (χ1v) is 8.87. The second kappa shape index (κ2) is 10.3. The van der Waals surface area contributed by atoms with Gasteiger partial charge in [-0.2, -0.15) is 0 Å². The van der Waals surface area contributed by atoms with E-state index in [4.69, 9.17) is 23.7 Å². The fourth-order valence-electron chi connectivity index (χ4n) is 2.45. The summed E-state index contributed by atoms with van der Waals surface area (Å²) in [6.45, 7) is 5.51. The third-order valence-electron chi connectivity index (χ3n) is 3.23. The summed E-state index contributed by atoms with van der Waals surface area (Å²) in [6.07, 6.45) is -4.75. The van der Waals surface area contributed by atoms with Crippen LogP contribution in [-0.4, -0.2) is 65.5 Å².